The molecule has 3 nitrogen and oxygen atoms in total. The van der Waals surface area contributed by atoms with E-state index in [9.17, 15) is 15.3 Å². The van der Waals surface area contributed by atoms with Gasteiger partial charge in [-0.15, -0.1) is 0 Å². The third kappa shape index (κ3) is 6.21. The molecular formula is C24H30O3. The number of aryl methyl sites for hydroxylation is 2. The summed E-state index contributed by atoms with van der Waals surface area (Å²) in [5.41, 5.74) is 6.26. The SMILES string of the molecule is CC(C)=CCc1cc(CCc2cc(O)cc(O)c2CC=C(C)C)ccc1O. The Kier molecular flexibility index (Phi) is 7.12. The molecule has 0 atom stereocenters. The minimum absolute atomic E-state index is 0.0819. The maximum Gasteiger partial charge on any atom is 0.123 e. The molecule has 0 aromatic heterocycles. The van der Waals surface area contributed by atoms with Gasteiger partial charge in [-0.2, -0.15) is 0 Å². The number of aromatic hydroxyl groups is 3. The van der Waals surface area contributed by atoms with Gasteiger partial charge in [0.05, 0.1) is 0 Å². The van der Waals surface area contributed by atoms with E-state index in [0.29, 0.717) is 25.0 Å². The van der Waals surface area contributed by atoms with Crippen LogP contribution in [0.1, 0.15) is 49.9 Å². The molecule has 3 N–H and O–H groups in total. The van der Waals surface area contributed by atoms with E-state index in [2.05, 4.69) is 12.2 Å². The molecule has 0 aliphatic heterocycles. The second-order valence-electron chi connectivity index (χ2n) is 7.54. The van der Waals surface area contributed by atoms with Crippen LogP contribution in [0.3, 0.4) is 0 Å². The number of allylic oxidation sites excluding steroid dienone is 4. The quantitative estimate of drug-likeness (QED) is 0.559. The van der Waals surface area contributed by atoms with Gasteiger partial charge in [-0.3, -0.25) is 0 Å². The van der Waals surface area contributed by atoms with E-state index in [1.807, 2.05) is 39.8 Å². The first-order valence-corrected chi connectivity index (χ1v) is 9.37. The van der Waals surface area contributed by atoms with Gasteiger partial charge in [-0.05, 0) is 82.2 Å². The summed E-state index contributed by atoms with van der Waals surface area (Å²) < 4.78 is 0. The summed E-state index contributed by atoms with van der Waals surface area (Å²) in [6, 6.07) is 8.84. The minimum atomic E-state index is 0.0819. The van der Waals surface area contributed by atoms with E-state index >= 15 is 0 Å². The smallest absolute Gasteiger partial charge is 0.123 e. The Balaban J connectivity index is 2.22. The molecule has 2 rings (SSSR count). The van der Waals surface area contributed by atoms with Gasteiger partial charge in [-0.25, -0.2) is 0 Å². The van der Waals surface area contributed by atoms with Crippen molar-refractivity contribution >= 4 is 0 Å². The Morgan fingerprint density at radius 3 is 2.07 bits per heavy atom. The zero-order chi connectivity index (χ0) is 20.0. The Morgan fingerprint density at radius 1 is 0.741 bits per heavy atom. The molecule has 0 spiro atoms. The van der Waals surface area contributed by atoms with Gasteiger partial charge < -0.3 is 15.3 Å². The fourth-order valence-electron chi connectivity index (χ4n) is 3.01. The highest BCUT2D eigenvalue weighted by molar-refractivity contribution is 5.47. The lowest BCUT2D eigenvalue weighted by molar-refractivity contribution is 0.445. The molecule has 0 amide bonds. The van der Waals surface area contributed by atoms with Crippen LogP contribution in [0.2, 0.25) is 0 Å². The van der Waals surface area contributed by atoms with Crippen molar-refractivity contribution in [2.24, 2.45) is 0 Å². The van der Waals surface area contributed by atoms with Crippen molar-refractivity contribution in [3.8, 4) is 17.2 Å². The average molecular weight is 367 g/mol. The lowest BCUT2D eigenvalue weighted by atomic mass is 9.95. The molecule has 0 aliphatic rings. The summed E-state index contributed by atoms with van der Waals surface area (Å²) in [5, 5.41) is 30.2. The number of phenols is 3. The normalized spacial score (nSPS) is 10.5. The molecule has 0 saturated carbocycles. The third-order valence-corrected chi connectivity index (χ3v) is 4.58. The number of hydrogen-bond acceptors (Lipinski definition) is 3. The highest BCUT2D eigenvalue weighted by Gasteiger charge is 2.10. The summed E-state index contributed by atoms with van der Waals surface area (Å²) >= 11 is 0. The van der Waals surface area contributed by atoms with E-state index in [0.717, 1.165) is 28.7 Å². The highest BCUT2D eigenvalue weighted by Crippen LogP contribution is 2.30. The van der Waals surface area contributed by atoms with Crippen LogP contribution in [-0.4, -0.2) is 15.3 Å². The lowest BCUT2D eigenvalue weighted by Gasteiger charge is -2.12. The lowest BCUT2D eigenvalue weighted by Crippen LogP contribution is -1.98. The number of benzene rings is 2. The highest BCUT2D eigenvalue weighted by atomic mass is 16.3. The molecule has 0 radical (unpaired) electrons. The number of rotatable bonds is 7. The van der Waals surface area contributed by atoms with Crippen molar-refractivity contribution in [2.45, 2.75) is 53.4 Å². The van der Waals surface area contributed by atoms with Crippen LogP contribution in [0.5, 0.6) is 17.2 Å². The Labute approximate surface area is 162 Å². The summed E-state index contributed by atoms with van der Waals surface area (Å²) in [4.78, 5) is 0. The second kappa shape index (κ2) is 9.31. The number of hydrogen-bond donors (Lipinski definition) is 3. The Bertz CT molecular complexity index is 852. The predicted molar refractivity (Wildman–Crippen MR) is 112 cm³/mol. The number of phenolic OH excluding ortho intramolecular Hbond substituents is 3. The molecule has 0 unspecified atom stereocenters. The van der Waals surface area contributed by atoms with Crippen LogP contribution in [-0.2, 0) is 25.7 Å². The van der Waals surface area contributed by atoms with Crippen LogP contribution < -0.4 is 0 Å². The molecule has 3 heteroatoms. The van der Waals surface area contributed by atoms with Crippen molar-refractivity contribution in [3.63, 3.8) is 0 Å². The summed E-state index contributed by atoms with van der Waals surface area (Å²) in [7, 11) is 0. The Hall–Kier alpha value is -2.68. The standard InChI is InChI=1S/C24H30O3/c1-16(2)5-9-20-13-18(8-12-23(20)26)7-10-19-14-21(25)15-24(27)22(19)11-6-17(3)4/h5-6,8,12-15,25-27H,7,9-11H2,1-4H3. The first-order valence-electron chi connectivity index (χ1n) is 9.37. The van der Waals surface area contributed by atoms with E-state index in [1.165, 1.54) is 17.2 Å². The largest absolute Gasteiger partial charge is 0.508 e. The van der Waals surface area contributed by atoms with Crippen molar-refractivity contribution in [1.29, 1.82) is 0 Å². The zero-order valence-electron chi connectivity index (χ0n) is 16.7. The van der Waals surface area contributed by atoms with Gasteiger partial charge in [0, 0.05) is 11.6 Å². The topological polar surface area (TPSA) is 60.7 Å². The van der Waals surface area contributed by atoms with E-state index in [-0.39, 0.29) is 11.5 Å². The van der Waals surface area contributed by atoms with Crippen molar-refractivity contribution in [1.82, 2.24) is 0 Å². The second-order valence-corrected chi connectivity index (χ2v) is 7.54. The monoisotopic (exact) mass is 366 g/mol. The maximum atomic E-state index is 10.3. The van der Waals surface area contributed by atoms with E-state index < -0.39 is 0 Å². The van der Waals surface area contributed by atoms with Gasteiger partial charge in [0.25, 0.3) is 0 Å². The summed E-state index contributed by atoms with van der Waals surface area (Å²) in [6.45, 7) is 8.15. The molecule has 0 fully saturated rings. The van der Waals surface area contributed by atoms with Crippen LogP contribution in [0.15, 0.2) is 53.6 Å². The summed E-state index contributed by atoms with van der Waals surface area (Å²) in [6.07, 6.45) is 7.01. The van der Waals surface area contributed by atoms with Crippen molar-refractivity contribution < 1.29 is 15.3 Å². The third-order valence-electron chi connectivity index (χ3n) is 4.58. The van der Waals surface area contributed by atoms with Crippen molar-refractivity contribution in [3.05, 3.63) is 75.9 Å². The zero-order valence-corrected chi connectivity index (χ0v) is 16.7. The van der Waals surface area contributed by atoms with Gasteiger partial charge >= 0.3 is 0 Å². The fourth-order valence-corrected chi connectivity index (χ4v) is 3.01. The summed E-state index contributed by atoms with van der Waals surface area (Å²) in [5.74, 6) is 0.534. The van der Waals surface area contributed by atoms with Crippen LogP contribution in [0.25, 0.3) is 0 Å². The molecule has 2 aromatic carbocycles. The first kappa shape index (κ1) is 20.6. The molecule has 0 heterocycles. The molecule has 27 heavy (non-hydrogen) atoms. The van der Waals surface area contributed by atoms with Gasteiger partial charge in [0.1, 0.15) is 17.2 Å². The van der Waals surface area contributed by atoms with Crippen LogP contribution in [0, 0.1) is 0 Å². The average Bonchev–Trinajstić information content (AvgIpc) is 2.58. The molecule has 0 saturated heterocycles. The maximum absolute atomic E-state index is 10.3. The van der Waals surface area contributed by atoms with Gasteiger partial charge in [-0.1, -0.05) is 35.4 Å². The fraction of sp³-hybridized carbons (Fsp3) is 0.333. The predicted octanol–water partition coefficient (Wildman–Crippen LogP) is 5.61. The van der Waals surface area contributed by atoms with Gasteiger partial charge in [0.2, 0.25) is 0 Å². The molecular weight excluding hydrogens is 336 g/mol. The minimum Gasteiger partial charge on any atom is -0.508 e. The van der Waals surface area contributed by atoms with Gasteiger partial charge in [0.15, 0.2) is 0 Å². The molecule has 144 valence electrons. The van der Waals surface area contributed by atoms with Crippen molar-refractivity contribution in [2.75, 3.05) is 0 Å². The molecule has 0 bridgehead atoms. The van der Waals surface area contributed by atoms with E-state index in [4.69, 9.17) is 0 Å². The van der Waals surface area contributed by atoms with Crippen LogP contribution >= 0.6 is 0 Å². The van der Waals surface area contributed by atoms with E-state index in [1.54, 1.807) is 12.1 Å². The molecule has 2 aromatic rings. The first-order chi connectivity index (χ1) is 12.8. The Morgan fingerprint density at radius 2 is 1.41 bits per heavy atom. The molecule has 0 aliphatic carbocycles. The van der Waals surface area contributed by atoms with Crippen LogP contribution in [0.4, 0.5) is 0 Å².